The highest BCUT2D eigenvalue weighted by Crippen LogP contribution is 2.35. The molecule has 4 aromatic rings. The Morgan fingerprint density at radius 2 is 1.78 bits per heavy atom. The Hall–Kier alpha value is -5.22. The fourth-order valence-corrected chi connectivity index (χ4v) is 7.20. The summed E-state index contributed by atoms with van der Waals surface area (Å²) < 4.78 is 7.55. The molecular weight excluding hydrogens is 696 g/mol. The third-order valence-corrected chi connectivity index (χ3v) is 10.3. The molecule has 1 fully saturated rings. The number of anilines is 1. The number of H-pyrrole nitrogens is 1. The van der Waals surface area contributed by atoms with Gasteiger partial charge >= 0.3 is 0 Å². The van der Waals surface area contributed by atoms with Gasteiger partial charge in [-0.15, -0.1) is 0 Å². The molecule has 0 bridgehead atoms. The predicted molar refractivity (Wildman–Crippen MR) is 222 cm³/mol. The Balaban J connectivity index is 0.00000276. The first-order chi connectivity index (χ1) is 26.1. The second-order valence-electron chi connectivity index (χ2n) is 13.2. The van der Waals surface area contributed by atoms with Gasteiger partial charge in [0.15, 0.2) is 0 Å². The van der Waals surface area contributed by atoms with Crippen molar-refractivity contribution in [3.63, 3.8) is 0 Å². The number of fused-ring (bicyclic) bond motifs is 1. The number of halogens is 1. The van der Waals surface area contributed by atoms with Crippen LogP contribution in [0.25, 0.3) is 22.2 Å². The molecule has 2 aliphatic heterocycles. The Morgan fingerprint density at radius 1 is 1.04 bits per heavy atom. The molecule has 2 aromatic carbocycles. The van der Waals surface area contributed by atoms with Gasteiger partial charge in [-0.3, -0.25) is 19.6 Å². The van der Waals surface area contributed by atoms with Gasteiger partial charge in [0.2, 0.25) is 0 Å². The summed E-state index contributed by atoms with van der Waals surface area (Å²) in [5.41, 5.74) is 7.50. The van der Waals surface area contributed by atoms with Crippen molar-refractivity contribution in [2.45, 2.75) is 33.2 Å². The van der Waals surface area contributed by atoms with Gasteiger partial charge < -0.3 is 19.1 Å². The van der Waals surface area contributed by atoms with E-state index in [9.17, 15) is 9.59 Å². The van der Waals surface area contributed by atoms with Crippen molar-refractivity contribution in [1.29, 1.82) is 0 Å². The predicted octanol–water partition coefficient (Wildman–Crippen LogP) is 8.72. The number of aromatic amines is 1. The van der Waals surface area contributed by atoms with Crippen LogP contribution in [0.3, 0.4) is 0 Å². The van der Waals surface area contributed by atoms with Crippen LogP contribution in [-0.2, 0) is 11.8 Å². The topological polar surface area (TPSA) is 86.7 Å². The molecule has 1 saturated heterocycles. The van der Waals surface area contributed by atoms with Gasteiger partial charge in [-0.2, -0.15) is 5.10 Å². The summed E-state index contributed by atoms with van der Waals surface area (Å²) in [5, 5.41) is 8.50. The average molecular weight is 747 g/mol. The van der Waals surface area contributed by atoms with Gasteiger partial charge in [0.05, 0.1) is 37.0 Å². The van der Waals surface area contributed by atoms with E-state index in [0.29, 0.717) is 59.3 Å². The third kappa shape index (κ3) is 8.60. The number of morpholine rings is 1. The Kier molecular flexibility index (Phi) is 13.5. The summed E-state index contributed by atoms with van der Waals surface area (Å²) in [5.74, 6) is -0.316. The van der Waals surface area contributed by atoms with E-state index in [4.69, 9.17) is 16.3 Å². The van der Waals surface area contributed by atoms with Crippen LogP contribution in [-0.4, -0.2) is 88.4 Å². The van der Waals surface area contributed by atoms with Crippen LogP contribution in [0, 0.1) is 6.92 Å². The van der Waals surface area contributed by atoms with Crippen LogP contribution < -0.4 is 4.90 Å². The molecular formula is C44H51ClN6O3. The summed E-state index contributed by atoms with van der Waals surface area (Å²) in [6.45, 7) is 26.3. The molecule has 6 rings (SSSR count). The maximum Gasteiger partial charge on any atom is 0.260 e. The minimum atomic E-state index is -0.204. The van der Waals surface area contributed by atoms with E-state index in [-0.39, 0.29) is 24.4 Å². The highest BCUT2D eigenvalue weighted by atomic mass is 35.5. The molecule has 0 radical (unpaired) electrons. The lowest BCUT2D eigenvalue weighted by molar-refractivity contribution is 0.0218. The van der Waals surface area contributed by atoms with Crippen molar-refractivity contribution in [3.05, 3.63) is 144 Å². The number of carbonyl (C=O) groups excluding carboxylic acids is 2. The van der Waals surface area contributed by atoms with Crippen LogP contribution in [0.5, 0.6) is 0 Å². The van der Waals surface area contributed by atoms with E-state index in [1.54, 1.807) is 35.4 Å². The van der Waals surface area contributed by atoms with Crippen molar-refractivity contribution in [3.8, 4) is 11.3 Å². The molecule has 54 heavy (non-hydrogen) atoms. The zero-order chi connectivity index (χ0) is 38.9. The van der Waals surface area contributed by atoms with Crippen LogP contribution in [0.4, 0.5) is 5.69 Å². The maximum absolute atomic E-state index is 14.8. The van der Waals surface area contributed by atoms with Crippen LogP contribution in [0.1, 0.15) is 46.7 Å². The van der Waals surface area contributed by atoms with Crippen molar-refractivity contribution >= 4 is 40.0 Å². The van der Waals surface area contributed by atoms with Gasteiger partial charge in [0, 0.05) is 77.9 Å². The molecule has 9 nitrogen and oxygen atoms in total. The number of benzene rings is 2. The molecule has 1 unspecified atom stereocenters. The van der Waals surface area contributed by atoms with Crippen LogP contribution in [0.2, 0.25) is 5.02 Å². The molecule has 0 spiro atoms. The highest BCUT2D eigenvalue weighted by molar-refractivity contribution is 6.31. The fraction of sp³-hybridized carbons (Fsp3) is 0.295. The number of allylic oxidation sites excluding steroid dienone is 3. The third-order valence-electron chi connectivity index (χ3n) is 10.0. The minimum absolute atomic E-state index is 0.0810. The monoisotopic (exact) mass is 746 g/mol. The molecule has 4 heterocycles. The number of carbonyl (C=O) groups is 2. The number of nitrogens with zero attached hydrogens (tertiary/aromatic N) is 5. The Morgan fingerprint density at radius 3 is 2.48 bits per heavy atom. The summed E-state index contributed by atoms with van der Waals surface area (Å²) >= 11 is 6.64. The van der Waals surface area contributed by atoms with Gasteiger partial charge in [0.25, 0.3) is 11.8 Å². The molecule has 282 valence electrons. The molecule has 2 amide bonds. The summed E-state index contributed by atoms with van der Waals surface area (Å²) in [4.78, 5) is 35.4. The van der Waals surface area contributed by atoms with Crippen LogP contribution >= 0.6 is 11.6 Å². The Bertz CT molecular complexity index is 2110. The van der Waals surface area contributed by atoms with E-state index < -0.39 is 0 Å². The number of hydrogen-bond acceptors (Lipinski definition) is 5. The van der Waals surface area contributed by atoms with E-state index >= 15 is 0 Å². The first kappa shape index (κ1) is 40.0. The summed E-state index contributed by atoms with van der Waals surface area (Å²) in [6.07, 6.45) is 11.4. The molecule has 1 N–H and O–H groups in total. The van der Waals surface area contributed by atoms with Gasteiger partial charge in [0.1, 0.15) is 0 Å². The van der Waals surface area contributed by atoms with E-state index in [2.05, 4.69) is 41.4 Å². The minimum Gasteiger partial charge on any atom is -0.379 e. The highest BCUT2D eigenvalue weighted by Gasteiger charge is 2.34. The first-order valence-corrected chi connectivity index (χ1v) is 18.8. The van der Waals surface area contributed by atoms with E-state index in [0.717, 1.165) is 53.0 Å². The number of hydrogen-bond donors (Lipinski definition) is 1. The Labute approximate surface area is 324 Å². The van der Waals surface area contributed by atoms with Crippen LogP contribution in [0.15, 0.2) is 122 Å². The first-order valence-electron chi connectivity index (χ1n) is 18.4. The normalized spacial score (nSPS) is 16.2. The quantitative estimate of drug-likeness (QED) is 0.147. The lowest BCUT2D eigenvalue weighted by Gasteiger charge is -2.41. The van der Waals surface area contributed by atoms with Crippen molar-refractivity contribution in [2.75, 3.05) is 50.8 Å². The van der Waals surface area contributed by atoms with Crippen molar-refractivity contribution in [1.82, 2.24) is 24.6 Å². The second kappa shape index (κ2) is 18.2. The molecule has 10 heteroatoms. The largest absolute Gasteiger partial charge is 0.379 e. The second-order valence-corrected chi connectivity index (χ2v) is 13.7. The molecule has 1 atom stereocenters. The number of rotatable bonds is 12. The number of ether oxygens (including phenoxy) is 1. The molecule has 2 aromatic heterocycles. The van der Waals surface area contributed by atoms with Crippen molar-refractivity contribution in [2.24, 2.45) is 7.05 Å². The average Bonchev–Trinajstić information content (AvgIpc) is 3.79. The summed E-state index contributed by atoms with van der Waals surface area (Å²) in [7, 11) is 1.90. The summed E-state index contributed by atoms with van der Waals surface area (Å²) in [6, 6.07) is 12.9. The van der Waals surface area contributed by atoms with Gasteiger partial charge in [-0.05, 0) is 72.5 Å². The molecule has 0 aliphatic carbocycles. The zero-order valence-electron chi connectivity index (χ0n) is 31.9. The number of amides is 2. The standard InChI is InChI=1S/C42H45ClN6O3.C2H6/c1-7-10-11-28(4)25-48(34-13-15-39-32(21-34)24-44-45-39)42(51)37-23-40(46(6)29(37)5)38-22-33(43)12-14-36(38)41(50)49-26-31(9-3)30(8-2)20-35(49)27-47-16-18-52-19-17-47;1-2/h7-15,21-24,35H,1-4,16-20,25-27H2,5-6H3,(H,44,45);1-2H3/b11-10-;. The fourth-order valence-electron chi connectivity index (χ4n) is 7.03. The van der Waals surface area contributed by atoms with E-state index in [1.807, 2.05) is 85.8 Å². The smallest absolute Gasteiger partial charge is 0.260 e. The van der Waals surface area contributed by atoms with Gasteiger partial charge in [-0.25, -0.2) is 0 Å². The van der Waals surface area contributed by atoms with Crippen molar-refractivity contribution < 1.29 is 14.3 Å². The maximum atomic E-state index is 14.8. The number of aromatic nitrogens is 3. The number of nitrogens with one attached hydrogen (secondary N) is 1. The lowest BCUT2D eigenvalue weighted by atomic mass is 9.92. The SMILES string of the molecule is C=C/C=C\C(=C)CN(C(=O)c1cc(-c2cc(Cl)ccc2C(=O)N2CC(C=C)=C(C=C)CC2CN2CCOCC2)n(C)c1C)c1ccc2[nH]ncc2c1.CC. The van der Waals surface area contributed by atoms with E-state index in [1.165, 1.54) is 0 Å². The zero-order valence-corrected chi connectivity index (χ0v) is 32.7. The van der Waals surface area contributed by atoms with Gasteiger partial charge in [-0.1, -0.05) is 82.1 Å². The molecule has 0 saturated carbocycles. The molecule has 2 aliphatic rings. The lowest BCUT2D eigenvalue weighted by Crippen LogP contribution is -2.51.